The van der Waals surface area contributed by atoms with Gasteiger partial charge in [0.15, 0.2) is 0 Å². The summed E-state index contributed by atoms with van der Waals surface area (Å²) >= 11 is 9.07. The summed E-state index contributed by atoms with van der Waals surface area (Å²) in [6.45, 7) is 0.326. The van der Waals surface area contributed by atoms with Gasteiger partial charge in [-0.2, -0.15) is 0 Å². The normalized spacial score (nSPS) is 10.7. The van der Waals surface area contributed by atoms with Crippen molar-refractivity contribution in [2.24, 2.45) is 0 Å². The third kappa shape index (κ3) is 2.59. The van der Waals surface area contributed by atoms with E-state index in [1.807, 2.05) is 0 Å². The molecule has 0 spiro atoms. The summed E-state index contributed by atoms with van der Waals surface area (Å²) in [5.74, 6) is -0.291. The summed E-state index contributed by atoms with van der Waals surface area (Å²) in [4.78, 5) is 0. The zero-order valence-electron chi connectivity index (χ0n) is 8.20. The van der Waals surface area contributed by atoms with Crippen LogP contribution in [-0.2, 0) is 11.9 Å². The van der Waals surface area contributed by atoms with Crippen LogP contribution in [0.4, 0.5) is 4.39 Å². The van der Waals surface area contributed by atoms with Crippen molar-refractivity contribution in [3.8, 4) is 0 Å². The van der Waals surface area contributed by atoms with Crippen LogP contribution in [0.2, 0.25) is 5.02 Å². The van der Waals surface area contributed by atoms with Crippen LogP contribution in [0.25, 0.3) is 0 Å². The van der Waals surface area contributed by atoms with Crippen LogP contribution < -0.4 is 0 Å². The Labute approximate surface area is 105 Å². The van der Waals surface area contributed by atoms with E-state index in [2.05, 4.69) is 26.2 Å². The van der Waals surface area contributed by atoms with Crippen LogP contribution in [0.3, 0.4) is 0 Å². The van der Waals surface area contributed by atoms with Crippen LogP contribution in [0.5, 0.6) is 0 Å². The van der Waals surface area contributed by atoms with Crippen molar-refractivity contribution in [3.63, 3.8) is 0 Å². The summed E-state index contributed by atoms with van der Waals surface area (Å²) in [6, 6.07) is 4.46. The molecule has 0 fully saturated rings. The van der Waals surface area contributed by atoms with Gasteiger partial charge in [-0.05, 0) is 18.2 Å². The smallest absolute Gasteiger partial charge is 0.128 e. The van der Waals surface area contributed by atoms with Gasteiger partial charge in [0, 0.05) is 22.1 Å². The fourth-order valence-corrected chi connectivity index (χ4v) is 1.77. The molecule has 0 amide bonds. The van der Waals surface area contributed by atoms with E-state index in [0.717, 1.165) is 5.69 Å². The highest BCUT2D eigenvalue weighted by Gasteiger charge is 2.05. The maximum atomic E-state index is 13.4. The summed E-state index contributed by atoms with van der Waals surface area (Å²) in [7, 11) is 0. The number of aromatic nitrogens is 3. The van der Waals surface area contributed by atoms with Crippen molar-refractivity contribution in [2.45, 2.75) is 11.9 Å². The lowest BCUT2D eigenvalue weighted by Gasteiger charge is -2.03. The first-order chi connectivity index (χ1) is 7.69. The van der Waals surface area contributed by atoms with Gasteiger partial charge in [0.05, 0.1) is 12.2 Å². The fraction of sp³-hybridized carbons (Fsp3) is 0.200. The van der Waals surface area contributed by atoms with Crippen LogP contribution in [0.1, 0.15) is 11.3 Å². The predicted molar refractivity (Wildman–Crippen MR) is 63.2 cm³/mol. The predicted octanol–water partition coefficient (Wildman–Crippen LogP) is 3.01. The highest BCUT2D eigenvalue weighted by molar-refractivity contribution is 9.08. The topological polar surface area (TPSA) is 30.7 Å². The molecule has 2 aromatic rings. The van der Waals surface area contributed by atoms with Crippen LogP contribution >= 0.6 is 27.5 Å². The van der Waals surface area contributed by atoms with Crippen molar-refractivity contribution in [1.29, 1.82) is 0 Å². The van der Waals surface area contributed by atoms with Gasteiger partial charge in [-0.1, -0.05) is 32.7 Å². The molecule has 1 aromatic carbocycles. The average molecular weight is 305 g/mol. The molecule has 0 saturated carbocycles. The highest BCUT2D eigenvalue weighted by Crippen LogP contribution is 2.15. The lowest BCUT2D eigenvalue weighted by molar-refractivity contribution is 0.577. The van der Waals surface area contributed by atoms with Crippen LogP contribution in [0.15, 0.2) is 24.4 Å². The second-order valence-electron chi connectivity index (χ2n) is 3.28. The molecule has 16 heavy (non-hydrogen) atoms. The Morgan fingerprint density at radius 2 is 2.25 bits per heavy atom. The van der Waals surface area contributed by atoms with E-state index < -0.39 is 0 Å². The van der Waals surface area contributed by atoms with E-state index in [-0.39, 0.29) is 5.82 Å². The molecule has 0 aliphatic heterocycles. The van der Waals surface area contributed by atoms with Crippen LogP contribution in [-0.4, -0.2) is 15.0 Å². The Hall–Kier alpha value is -0.940. The van der Waals surface area contributed by atoms with Crippen molar-refractivity contribution >= 4 is 27.5 Å². The molecule has 1 heterocycles. The third-order valence-electron chi connectivity index (χ3n) is 2.06. The van der Waals surface area contributed by atoms with Gasteiger partial charge >= 0.3 is 0 Å². The molecule has 0 unspecified atom stereocenters. The Morgan fingerprint density at radius 3 is 2.94 bits per heavy atom. The van der Waals surface area contributed by atoms with Gasteiger partial charge < -0.3 is 0 Å². The maximum Gasteiger partial charge on any atom is 0.128 e. The zero-order valence-corrected chi connectivity index (χ0v) is 10.5. The molecule has 6 heteroatoms. The molecule has 0 saturated heterocycles. The van der Waals surface area contributed by atoms with E-state index in [0.29, 0.717) is 22.5 Å². The minimum Gasteiger partial charge on any atom is -0.248 e. The molecule has 0 aliphatic carbocycles. The summed E-state index contributed by atoms with van der Waals surface area (Å²) in [5.41, 5.74) is 1.31. The number of benzene rings is 1. The van der Waals surface area contributed by atoms with E-state index in [9.17, 15) is 4.39 Å². The minimum absolute atomic E-state index is 0.291. The molecule has 3 nitrogen and oxygen atoms in total. The van der Waals surface area contributed by atoms with Crippen molar-refractivity contribution < 1.29 is 4.39 Å². The molecule has 0 N–H and O–H groups in total. The zero-order chi connectivity index (χ0) is 11.5. The molecular weight excluding hydrogens is 296 g/mol. The number of halogens is 3. The monoisotopic (exact) mass is 303 g/mol. The van der Waals surface area contributed by atoms with Gasteiger partial charge in [0.2, 0.25) is 0 Å². The van der Waals surface area contributed by atoms with Crippen LogP contribution in [0, 0.1) is 5.82 Å². The Bertz CT molecular complexity index is 501. The van der Waals surface area contributed by atoms with Gasteiger partial charge in [-0.25, -0.2) is 9.07 Å². The largest absolute Gasteiger partial charge is 0.248 e. The molecule has 2 rings (SSSR count). The minimum atomic E-state index is -0.291. The molecule has 0 bridgehead atoms. The number of alkyl halides is 1. The summed E-state index contributed by atoms with van der Waals surface area (Å²) < 4.78 is 15.0. The number of hydrogen-bond acceptors (Lipinski definition) is 2. The highest BCUT2D eigenvalue weighted by atomic mass is 79.9. The summed E-state index contributed by atoms with van der Waals surface area (Å²) in [5, 5.41) is 8.91. The third-order valence-corrected chi connectivity index (χ3v) is 2.87. The van der Waals surface area contributed by atoms with E-state index in [4.69, 9.17) is 11.6 Å². The maximum absolute atomic E-state index is 13.4. The second-order valence-corrected chi connectivity index (χ2v) is 4.27. The van der Waals surface area contributed by atoms with Crippen molar-refractivity contribution in [3.05, 3.63) is 46.5 Å². The first-order valence-electron chi connectivity index (χ1n) is 4.58. The van der Waals surface area contributed by atoms with Crippen molar-refractivity contribution in [1.82, 2.24) is 15.0 Å². The second kappa shape index (κ2) is 4.93. The SMILES string of the molecule is Fc1ccc(Cl)cc1Cn1cc(CBr)nn1. The number of nitrogens with zero attached hydrogens (tertiary/aromatic N) is 3. The lowest BCUT2D eigenvalue weighted by atomic mass is 10.2. The van der Waals surface area contributed by atoms with Gasteiger partial charge in [-0.3, -0.25) is 0 Å². The fourth-order valence-electron chi connectivity index (χ4n) is 1.32. The Balaban J connectivity index is 2.22. The number of rotatable bonds is 3. The molecule has 0 radical (unpaired) electrons. The molecule has 1 aromatic heterocycles. The van der Waals surface area contributed by atoms with E-state index in [1.54, 1.807) is 16.9 Å². The summed E-state index contributed by atoms with van der Waals surface area (Å²) in [6.07, 6.45) is 1.76. The van der Waals surface area contributed by atoms with E-state index in [1.165, 1.54) is 12.1 Å². The van der Waals surface area contributed by atoms with Gasteiger partial charge in [-0.15, -0.1) is 5.10 Å². The quantitative estimate of drug-likeness (QED) is 0.816. The molecule has 84 valence electrons. The van der Waals surface area contributed by atoms with Gasteiger partial charge in [0.1, 0.15) is 5.82 Å². The molecule has 0 aliphatic rings. The standard InChI is InChI=1S/C10H8BrClFN3/c11-4-9-6-16(15-14-9)5-7-3-8(12)1-2-10(7)13/h1-3,6H,4-5H2. The Kier molecular flexibility index (Phi) is 3.56. The average Bonchev–Trinajstić information content (AvgIpc) is 2.71. The van der Waals surface area contributed by atoms with Gasteiger partial charge in [0.25, 0.3) is 0 Å². The first kappa shape index (κ1) is 11.5. The molecular formula is C10H8BrClFN3. The van der Waals surface area contributed by atoms with Crippen molar-refractivity contribution in [2.75, 3.05) is 0 Å². The first-order valence-corrected chi connectivity index (χ1v) is 6.08. The Morgan fingerprint density at radius 1 is 1.44 bits per heavy atom. The number of hydrogen-bond donors (Lipinski definition) is 0. The lowest BCUT2D eigenvalue weighted by Crippen LogP contribution is -2.02. The van der Waals surface area contributed by atoms with E-state index >= 15 is 0 Å². The molecule has 0 atom stereocenters.